The fourth-order valence-electron chi connectivity index (χ4n) is 3.79. The van der Waals surface area contributed by atoms with Gasteiger partial charge in [-0.2, -0.15) is 8.42 Å². The number of aromatic nitrogens is 2. The Balaban J connectivity index is 1.83. The largest absolute Gasteiger partial charge is 0.480 e. The third-order valence-corrected chi connectivity index (χ3v) is 7.30. The highest BCUT2D eigenvalue weighted by molar-refractivity contribution is 7.87. The van der Waals surface area contributed by atoms with Crippen molar-refractivity contribution in [1.82, 2.24) is 9.55 Å². The van der Waals surface area contributed by atoms with E-state index in [1.54, 1.807) is 36.7 Å². The summed E-state index contributed by atoms with van der Waals surface area (Å²) in [6, 6.07) is 14.4. The van der Waals surface area contributed by atoms with Gasteiger partial charge in [0.1, 0.15) is 27.9 Å². The highest BCUT2D eigenvalue weighted by Crippen LogP contribution is 2.34. The predicted octanol–water partition coefficient (Wildman–Crippen LogP) is 2.98. The number of hydrogen-bond acceptors (Lipinski definition) is 7. The molecule has 0 atom stereocenters. The summed E-state index contributed by atoms with van der Waals surface area (Å²) in [4.78, 5) is 15.4. The van der Waals surface area contributed by atoms with Crippen LogP contribution in [0.15, 0.2) is 71.9 Å². The first-order valence-electron chi connectivity index (χ1n) is 10.1. The van der Waals surface area contributed by atoms with Crippen molar-refractivity contribution < 1.29 is 30.9 Å². The minimum atomic E-state index is -4.37. The second kappa shape index (κ2) is 9.27. The highest BCUT2D eigenvalue weighted by atomic mass is 32.2. The zero-order valence-electron chi connectivity index (χ0n) is 17.9. The number of thiol groups is 1. The van der Waals surface area contributed by atoms with Gasteiger partial charge in [0, 0.05) is 29.0 Å². The van der Waals surface area contributed by atoms with Crippen LogP contribution in [-0.2, 0) is 37.9 Å². The Labute approximate surface area is 197 Å². The van der Waals surface area contributed by atoms with Gasteiger partial charge >= 0.3 is 16.1 Å². The predicted molar refractivity (Wildman–Crippen MR) is 126 cm³/mol. The minimum absolute atomic E-state index is 0.00632. The summed E-state index contributed by atoms with van der Waals surface area (Å²) in [6.07, 6.45) is 3.27. The van der Waals surface area contributed by atoms with Gasteiger partial charge in [0.05, 0.1) is 11.3 Å². The molecule has 34 heavy (non-hydrogen) atoms. The van der Waals surface area contributed by atoms with Crippen LogP contribution >= 0.6 is 0 Å². The lowest BCUT2D eigenvalue weighted by Crippen LogP contribution is -2.13. The Kier molecular flexibility index (Phi) is 6.40. The molecule has 0 spiro atoms. The van der Waals surface area contributed by atoms with Crippen molar-refractivity contribution in [1.29, 1.82) is 0 Å². The summed E-state index contributed by atoms with van der Waals surface area (Å²) in [6.45, 7) is 1.10. The molecular weight excluding hydrogens is 480 g/mol. The van der Waals surface area contributed by atoms with Gasteiger partial charge < -0.3 is 13.9 Å². The highest BCUT2D eigenvalue weighted by Gasteiger charge is 2.28. The zero-order chi connectivity index (χ0) is 24.5. The molecule has 0 saturated heterocycles. The van der Waals surface area contributed by atoms with Crippen LogP contribution in [0.1, 0.15) is 11.3 Å². The molecule has 0 unspecified atom stereocenters. The van der Waals surface area contributed by atoms with Gasteiger partial charge in [-0.25, -0.2) is 8.42 Å². The number of carboxylic acids is 1. The van der Waals surface area contributed by atoms with E-state index >= 15 is 0 Å². The molecule has 0 aliphatic heterocycles. The van der Waals surface area contributed by atoms with Gasteiger partial charge in [-0.1, -0.05) is 24.3 Å². The third kappa shape index (κ3) is 4.80. The topological polar surface area (TPSA) is 133 Å². The average molecular weight is 501 g/mol. The number of carbonyl (C=O) groups is 1. The van der Waals surface area contributed by atoms with Crippen LogP contribution in [0.25, 0.3) is 22.0 Å². The van der Waals surface area contributed by atoms with Gasteiger partial charge in [-0.3, -0.25) is 9.78 Å². The van der Waals surface area contributed by atoms with Gasteiger partial charge in [-0.05, 0) is 48.4 Å². The van der Waals surface area contributed by atoms with E-state index in [1.807, 2.05) is 6.07 Å². The molecule has 2 heterocycles. The van der Waals surface area contributed by atoms with Crippen molar-refractivity contribution >= 4 is 37.7 Å². The second-order valence-corrected chi connectivity index (χ2v) is 10.0. The van der Waals surface area contributed by atoms with Crippen LogP contribution in [0.3, 0.4) is 0 Å². The number of rotatable bonds is 8. The SMILES string of the molecule is Cc1c(S(=O)(=O)Oc2ccc(C[SH](=O)=O)cc2)c2cc(-c3cccnc3)ccc2n1CC(=O)O. The third-order valence-electron chi connectivity index (χ3n) is 5.24. The molecule has 2 aromatic carbocycles. The molecule has 4 aromatic rings. The van der Waals surface area contributed by atoms with Crippen LogP contribution in [0, 0.1) is 6.92 Å². The van der Waals surface area contributed by atoms with Crippen LogP contribution in [0.2, 0.25) is 0 Å². The maximum absolute atomic E-state index is 13.4. The first-order valence-corrected chi connectivity index (χ1v) is 12.8. The minimum Gasteiger partial charge on any atom is -0.480 e. The number of hydrogen-bond donors (Lipinski definition) is 2. The van der Waals surface area contributed by atoms with E-state index < -0.39 is 33.3 Å². The summed E-state index contributed by atoms with van der Waals surface area (Å²) in [7, 11) is -6.98. The molecule has 0 radical (unpaired) electrons. The van der Waals surface area contributed by atoms with Crippen LogP contribution in [-0.4, -0.2) is 37.5 Å². The molecule has 9 nitrogen and oxygen atoms in total. The van der Waals surface area contributed by atoms with Gasteiger partial charge in [0.2, 0.25) is 0 Å². The monoisotopic (exact) mass is 500 g/mol. The Bertz CT molecular complexity index is 1550. The zero-order valence-corrected chi connectivity index (χ0v) is 19.6. The van der Waals surface area contributed by atoms with Gasteiger partial charge in [-0.15, -0.1) is 0 Å². The van der Waals surface area contributed by atoms with Crippen molar-refractivity contribution in [2.45, 2.75) is 24.1 Å². The molecular formula is C23H20N2O7S2. The fourth-order valence-corrected chi connectivity index (χ4v) is 5.65. The molecule has 0 amide bonds. The van der Waals surface area contributed by atoms with Crippen molar-refractivity contribution in [3.63, 3.8) is 0 Å². The van der Waals surface area contributed by atoms with E-state index in [4.69, 9.17) is 4.18 Å². The summed E-state index contributed by atoms with van der Waals surface area (Å²) in [5, 5.41) is 9.69. The summed E-state index contributed by atoms with van der Waals surface area (Å²) in [5.41, 5.74) is 2.63. The number of pyridine rings is 1. The Morgan fingerprint density at radius 3 is 2.44 bits per heavy atom. The van der Waals surface area contributed by atoms with Gasteiger partial charge in [0.15, 0.2) is 0 Å². The molecule has 0 fully saturated rings. The van der Waals surface area contributed by atoms with Crippen molar-refractivity contribution in [3.8, 4) is 16.9 Å². The number of nitrogens with zero attached hydrogens (tertiary/aromatic N) is 2. The number of carboxylic acid groups (broad SMARTS) is 1. The Morgan fingerprint density at radius 1 is 1.09 bits per heavy atom. The molecule has 0 saturated carbocycles. The maximum atomic E-state index is 13.4. The van der Waals surface area contributed by atoms with Crippen molar-refractivity contribution in [3.05, 3.63) is 78.2 Å². The van der Waals surface area contributed by atoms with E-state index in [0.29, 0.717) is 22.0 Å². The summed E-state index contributed by atoms with van der Waals surface area (Å²) < 4.78 is 55.3. The Morgan fingerprint density at radius 2 is 1.82 bits per heavy atom. The smallest absolute Gasteiger partial charge is 0.341 e. The number of benzene rings is 2. The maximum Gasteiger partial charge on any atom is 0.341 e. The molecule has 11 heteroatoms. The quantitative estimate of drug-likeness (QED) is 0.279. The van der Waals surface area contributed by atoms with E-state index in [-0.39, 0.29) is 22.1 Å². The van der Waals surface area contributed by atoms with Crippen molar-refractivity contribution in [2.24, 2.45) is 0 Å². The first-order chi connectivity index (χ1) is 16.2. The molecule has 0 bridgehead atoms. The van der Waals surface area contributed by atoms with Crippen LogP contribution in [0.5, 0.6) is 5.75 Å². The molecule has 2 aromatic heterocycles. The molecule has 1 N–H and O–H groups in total. The fraction of sp³-hybridized carbons (Fsp3) is 0.130. The Hall–Kier alpha value is -3.70. The van der Waals surface area contributed by atoms with Crippen LogP contribution in [0.4, 0.5) is 0 Å². The van der Waals surface area contributed by atoms with E-state index in [2.05, 4.69) is 4.98 Å². The lowest BCUT2D eigenvalue weighted by atomic mass is 10.1. The van der Waals surface area contributed by atoms with E-state index in [1.165, 1.54) is 35.8 Å². The lowest BCUT2D eigenvalue weighted by Gasteiger charge is -2.09. The molecule has 0 aliphatic carbocycles. The van der Waals surface area contributed by atoms with Crippen LogP contribution < -0.4 is 4.18 Å². The number of aliphatic carboxylic acids is 1. The normalized spacial score (nSPS) is 11.7. The second-order valence-electron chi connectivity index (χ2n) is 7.54. The summed E-state index contributed by atoms with van der Waals surface area (Å²) >= 11 is 0. The standard InChI is InChI=1S/C23H20N2O7S2/c1-15-23(34(30,31)32-19-7-4-16(5-8-19)14-33(28)29)20-11-17(18-3-2-10-24-12-18)6-9-21(20)25(15)13-22(26)27/h2-12,33H,13-14H2,1H3,(H,26,27). The number of fused-ring (bicyclic) bond motifs is 1. The van der Waals surface area contributed by atoms with E-state index in [0.717, 1.165) is 5.56 Å². The average Bonchev–Trinajstić information content (AvgIpc) is 3.06. The van der Waals surface area contributed by atoms with E-state index in [9.17, 15) is 26.7 Å². The molecule has 4 rings (SSSR count). The first kappa shape index (κ1) is 23.5. The molecule has 0 aliphatic rings. The van der Waals surface area contributed by atoms with Gasteiger partial charge in [0.25, 0.3) is 0 Å². The summed E-state index contributed by atoms with van der Waals surface area (Å²) in [5.74, 6) is -1.28. The lowest BCUT2D eigenvalue weighted by molar-refractivity contribution is -0.137. The van der Waals surface area contributed by atoms with Crippen molar-refractivity contribution in [2.75, 3.05) is 0 Å². The molecule has 176 valence electrons.